The highest BCUT2D eigenvalue weighted by Crippen LogP contribution is 2.44. The van der Waals surface area contributed by atoms with Crippen LogP contribution in [0.4, 0.5) is 4.79 Å². The minimum atomic E-state index is -0.876. The first-order valence-corrected chi connectivity index (χ1v) is 10.8. The van der Waals surface area contributed by atoms with Crippen molar-refractivity contribution in [1.82, 2.24) is 4.90 Å². The number of methoxy groups -OCH3 is 2. The van der Waals surface area contributed by atoms with Gasteiger partial charge in [0.2, 0.25) is 0 Å². The van der Waals surface area contributed by atoms with Gasteiger partial charge in [0, 0.05) is 17.2 Å². The average molecular weight is 460 g/mol. The number of hydrogen-bond donors (Lipinski definition) is 2. The van der Waals surface area contributed by atoms with Gasteiger partial charge >= 0.3 is 6.09 Å². The van der Waals surface area contributed by atoms with Crippen molar-refractivity contribution in [2.45, 2.75) is 58.6 Å². The number of carbonyl (C=O) groups is 1. The second kappa shape index (κ2) is 9.11. The molecule has 33 heavy (non-hydrogen) atoms. The highest BCUT2D eigenvalue weighted by atomic mass is 16.6. The van der Waals surface area contributed by atoms with Gasteiger partial charge in [0.25, 0.3) is 0 Å². The SMILES string of the molecule is COc1cc(CO)c(-c2cc([C@@H]3COC(C)(C)N3C(=O)OC(C)(C)C)ccc2O)c(OC)c1. The lowest BCUT2D eigenvalue weighted by Crippen LogP contribution is -2.47. The highest BCUT2D eigenvalue weighted by Gasteiger charge is 2.46. The fourth-order valence-electron chi connectivity index (χ4n) is 4.02. The molecule has 1 saturated heterocycles. The summed E-state index contributed by atoms with van der Waals surface area (Å²) in [6.07, 6.45) is -0.484. The van der Waals surface area contributed by atoms with Gasteiger partial charge in [-0.25, -0.2) is 4.79 Å². The Labute approximate surface area is 194 Å². The summed E-state index contributed by atoms with van der Waals surface area (Å²) in [5, 5.41) is 20.7. The van der Waals surface area contributed by atoms with E-state index in [1.807, 2.05) is 34.6 Å². The predicted octanol–water partition coefficient (Wildman–Crippen LogP) is 4.61. The van der Waals surface area contributed by atoms with E-state index in [-0.39, 0.29) is 19.0 Å². The van der Waals surface area contributed by atoms with Crippen LogP contribution in [-0.2, 0) is 16.1 Å². The van der Waals surface area contributed by atoms with Gasteiger partial charge in [-0.3, -0.25) is 4.90 Å². The van der Waals surface area contributed by atoms with Crippen molar-refractivity contribution < 1.29 is 34.0 Å². The molecule has 180 valence electrons. The first kappa shape index (κ1) is 24.7. The van der Waals surface area contributed by atoms with Gasteiger partial charge in [-0.2, -0.15) is 0 Å². The molecule has 0 aliphatic carbocycles. The molecule has 0 unspecified atom stereocenters. The van der Waals surface area contributed by atoms with Crippen LogP contribution in [0, 0.1) is 0 Å². The zero-order chi connectivity index (χ0) is 24.6. The molecule has 1 fully saturated rings. The number of aliphatic hydroxyl groups is 1. The third kappa shape index (κ3) is 5.02. The van der Waals surface area contributed by atoms with Crippen molar-refractivity contribution in [3.8, 4) is 28.4 Å². The smallest absolute Gasteiger partial charge is 0.413 e. The van der Waals surface area contributed by atoms with E-state index in [1.165, 1.54) is 14.2 Å². The molecular formula is C25H33NO7. The molecule has 2 N–H and O–H groups in total. The molecule has 2 aromatic carbocycles. The summed E-state index contributed by atoms with van der Waals surface area (Å²) in [7, 11) is 3.04. The second-order valence-electron chi connectivity index (χ2n) is 9.42. The first-order chi connectivity index (χ1) is 15.4. The lowest BCUT2D eigenvalue weighted by atomic mass is 9.94. The zero-order valence-corrected chi connectivity index (χ0v) is 20.3. The molecule has 0 radical (unpaired) electrons. The summed E-state index contributed by atoms with van der Waals surface area (Å²) in [6.45, 7) is 9.06. The van der Waals surface area contributed by atoms with Crippen LogP contribution in [0.25, 0.3) is 11.1 Å². The number of aromatic hydroxyl groups is 1. The first-order valence-electron chi connectivity index (χ1n) is 10.8. The third-order valence-electron chi connectivity index (χ3n) is 5.53. The van der Waals surface area contributed by atoms with E-state index in [4.69, 9.17) is 18.9 Å². The molecule has 1 amide bonds. The van der Waals surface area contributed by atoms with E-state index in [2.05, 4.69) is 0 Å². The second-order valence-corrected chi connectivity index (χ2v) is 9.42. The van der Waals surface area contributed by atoms with Gasteiger partial charge in [-0.1, -0.05) is 6.07 Å². The number of benzene rings is 2. The van der Waals surface area contributed by atoms with Gasteiger partial charge < -0.3 is 29.2 Å². The number of nitrogens with zero attached hydrogens (tertiary/aromatic N) is 1. The number of phenolic OH excluding ortho intramolecular Hbond substituents is 1. The van der Waals surface area contributed by atoms with Crippen molar-refractivity contribution in [3.05, 3.63) is 41.5 Å². The Bertz CT molecular complexity index is 1000. The predicted molar refractivity (Wildman–Crippen MR) is 123 cm³/mol. The Morgan fingerprint density at radius 1 is 1.18 bits per heavy atom. The van der Waals surface area contributed by atoms with Crippen molar-refractivity contribution >= 4 is 6.09 Å². The molecule has 1 atom stereocenters. The van der Waals surface area contributed by atoms with E-state index < -0.39 is 23.5 Å². The molecule has 1 aliphatic heterocycles. The van der Waals surface area contributed by atoms with Crippen molar-refractivity contribution in [2.75, 3.05) is 20.8 Å². The van der Waals surface area contributed by atoms with Crippen LogP contribution < -0.4 is 9.47 Å². The van der Waals surface area contributed by atoms with Gasteiger partial charge in [0.1, 0.15) is 28.6 Å². The summed E-state index contributed by atoms with van der Waals surface area (Å²) in [5.41, 5.74) is 0.755. The molecule has 1 heterocycles. The number of amides is 1. The minimum absolute atomic E-state index is 0.0129. The van der Waals surface area contributed by atoms with Crippen LogP contribution >= 0.6 is 0 Å². The maximum absolute atomic E-state index is 13.1. The fraction of sp³-hybridized carbons (Fsp3) is 0.480. The molecule has 0 spiro atoms. The van der Waals surface area contributed by atoms with Crippen molar-refractivity contribution in [2.24, 2.45) is 0 Å². The number of phenols is 1. The van der Waals surface area contributed by atoms with Crippen LogP contribution in [0.3, 0.4) is 0 Å². The normalized spacial score (nSPS) is 17.7. The Morgan fingerprint density at radius 3 is 2.45 bits per heavy atom. The Balaban J connectivity index is 2.11. The number of hydrogen-bond acceptors (Lipinski definition) is 7. The number of aliphatic hydroxyl groups excluding tert-OH is 1. The van der Waals surface area contributed by atoms with E-state index >= 15 is 0 Å². The van der Waals surface area contributed by atoms with Crippen LogP contribution in [0.2, 0.25) is 0 Å². The summed E-state index contributed by atoms with van der Waals surface area (Å²) >= 11 is 0. The fourth-order valence-corrected chi connectivity index (χ4v) is 4.02. The van der Waals surface area contributed by atoms with E-state index in [1.54, 1.807) is 35.2 Å². The summed E-state index contributed by atoms with van der Waals surface area (Å²) in [5.74, 6) is 0.981. The van der Waals surface area contributed by atoms with Gasteiger partial charge in [0.15, 0.2) is 0 Å². The maximum atomic E-state index is 13.1. The van der Waals surface area contributed by atoms with E-state index in [0.717, 1.165) is 5.56 Å². The van der Waals surface area contributed by atoms with Gasteiger partial charge in [0.05, 0.1) is 33.5 Å². The lowest BCUT2D eigenvalue weighted by Gasteiger charge is -2.35. The number of ether oxygens (including phenoxy) is 4. The molecule has 1 aliphatic rings. The molecule has 3 rings (SSSR count). The Kier molecular flexibility index (Phi) is 6.81. The highest BCUT2D eigenvalue weighted by molar-refractivity contribution is 5.80. The van der Waals surface area contributed by atoms with Crippen LogP contribution in [0.1, 0.15) is 51.8 Å². The topological polar surface area (TPSA) is 97.7 Å². The molecule has 0 aromatic heterocycles. The summed E-state index contributed by atoms with van der Waals surface area (Å²) in [6, 6.07) is 8.05. The average Bonchev–Trinajstić information content (AvgIpc) is 3.07. The summed E-state index contributed by atoms with van der Waals surface area (Å²) < 4.78 is 22.4. The molecular weight excluding hydrogens is 426 g/mol. The maximum Gasteiger partial charge on any atom is 0.413 e. The van der Waals surface area contributed by atoms with Crippen LogP contribution in [0.15, 0.2) is 30.3 Å². The monoisotopic (exact) mass is 459 g/mol. The quantitative estimate of drug-likeness (QED) is 0.674. The molecule has 0 saturated carbocycles. The van der Waals surface area contributed by atoms with E-state index in [0.29, 0.717) is 28.2 Å². The molecule has 0 bridgehead atoms. The third-order valence-corrected chi connectivity index (χ3v) is 5.53. The Morgan fingerprint density at radius 2 is 1.88 bits per heavy atom. The van der Waals surface area contributed by atoms with Crippen molar-refractivity contribution in [3.63, 3.8) is 0 Å². The van der Waals surface area contributed by atoms with Crippen LogP contribution in [0.5, 0.6) is 17.2 Å². The van der Waals surface area contributed by atoms with Gasteiger partial charge in [-0.15, -0.1) is 0 Å². The standard InChI is InChI=1S/C25H33NO7/c1-24(2,3)33-23(29)26-19(14-32-25(26,4)5)15-8-9-20(28)18(11-15)22-16(13-27)10-17(30-6)12-21(22)31-7/h8-12,19,27-28H,13-14H2,1-7H3/t19-/m0/s1. The minimum Gasteiger partial charge on any atom is -0.507 e. The Hall–Kier alpha value is -2.97. The summed E-state index contributed by atoms with van der Waals surface area (Å²) in [4.78, 5) is 14.6. The van der Waals surface area contributed by atoms with Crippen LogP contribution in [-0.4, -0.2) is 53.4 Å². The largest absolute Gasteiger partial charge is 0.507 e. The molecule has 8 nitrogen and oxygen atoms in total. The van der Waals surface area contributed by atoms with Gasteiger partial charge in [-0.05, 0) is 63.9 Å². The lowest BCUT2D eigenvalue weighted by molar-refractivity contribution is -0.0626. The molecule has 2 aromatic rings. The molecule has 8 heteroatoms. The number of carbonyl (C=O) groups excluding carboxylic acids is 1. The van der Waals surface area contributed by atoms with E-state index in [9.17, 15) is 15.0 Å². The zero-order valence-electron chi connectivity index (χ0n) is 20.3. The number of rotatable bonds is 5. The van der Waals surface area contributed by atoms with Crippen molar-refractivity contribution in [1.29, 1.82) is 0 Å².